The summed E-state index contributed by atoms with van der Waals surface area (Å²) in [5.41, 5.74) is 1.26. The Morgan fingerprint density at radius 2 is 2.29 bits per heavy atom. The number of carbonyl (C=O) groups is 1. The number of rotatable bonds is 5. The molecule has 0 atom stereocenters. The van der Waals surface area contributed by atoms with Crippen molar-refractivity contribution in [3.8, 4) is 6.07 Å². The van der Waals surface area contributed by atoms with Gasteiger partial charge in [-0.05, 0) is 36.2 Å². The molecular formula is C15H14FN3OS. The Hall–Kier alpha value is -2.23. The average Bonchev–Trinajstić information content (AvgIpc) is 2.85. The molecule has 0 saturated heterocycles. The molecule has 108 valence electrons. The standard InChI is InChI=1S/C15H14FN3OS/c1-19(9-11-3-2-4-13(16)7-11)10-14(20)18-15-12(8-17)5-6-21-15/h2-7H,9-10H2,1H3,(H,18,20). The Labute approximate surface area is 126 Å². The fourth-order valence-corrected chi connectivity index (χ4v) is 2.66. The molecule has 0 saturated carbocycles. The van der Waals surface area contributed by atoms with Gasteiger partial charge in [-0.2, -0.15) is 5.26 Å². The van der Waals surface area contributed by atoms with Gasteiger partial charge in [-0.3, -0.25) is 9.69 Å². The third-order valence-electron chi connectivity index (χ3n) is 2.79. The van der Waals surface area contributed by atoms with E-state index in [-0.39, 0.29) is 18.3 Å². The van der Waals surface area contributed by atoms with Crippen molar-refractivity contribution in [2.24, 2.45) is 0 Å². The summed E-state index contributed by atoms with van der Waals surface area (Å²) in [5, 5.41) is 13.9. The minimum atomic E-state index is -0.289. The molecule has 0 aliphatic rings. The minimum Gasteiger partial charge on any atom is -0.315 e. The van der Waals surface area contributed by atoms with E-state index in [2.05, 4.69) is 5.32 Å². The molecule has 1 heterocycles. The van der Waals surface area contributed by atoms with E-state index in [0.29, 0.717) is 17.1 Å². The van der Waals surface area contributed by atoms with Crippen LogP contribution in [0.25, 0.3) is 0 Å². The first-order valence-electron chi connectivity index (χ1n) is 6.29. The topological polar surface area (TPSA) is 56.1 Å². The van der Waals surface area contributed by atoms with Crippen LogP contribution in [0.2, 0.25) is 0 Å². The summed E-state index contributed by atoms with van der Waals surface area (Å²) in [6, 6.07) is 9.97. The van der Waals surface area contributed by atoms with Crippen LogP contribution in [-0.4, -0.2) is 24.4 Å². The third-order valence-corrected chi connectivity index (χ3v) is 3.62. The van der Waals surface area contributed by atoms with Gasteiger partial charge in [0.2, 0.25) is 5.91 Å². The highest BCUT2D eigenvalue weighted by molar-refractivity contribution is 7.14. The quantitative estimate of drug-likeness (QED) is 0.924. The number of nitrogens with zero attached hydrogens (tertiary/aromatic N) is 2. The van der Waals surface area contributed by atoms with Gasteiger partial charge in [-0.15, -0.1) is 11.3 Å². The van der Waals surface area contributed by atoms with Crippen molar-refractivity contribution in [3.05, 3.63) is 52.7 Å². The van der Waals surface area contributed by atoms with Crippen LogP contribution >= 0.6 is 11.3 Å². The van der Waals surface area contributed by atoms with E-state index in [0.717, 1.165) is 5.56 Å². The maximum atomic E-state index is 13.1. The van der Waals surface area contributed by atoms with Crippen LogP contribution in [0.4, 0.5) is 9.39 Å². The second-order valence-corrected chi connectivity index (χ2v) is 5.54. The highest BCUT2D eigenvalue weighted by Crippen LogP contribution is 2.21. The lowest BCUT2D eigenvalue weighted by molar-refractivity contribution is -0.117. The molecule has 0 fully saturated rings. The van der Waals surface area contributed by atoms with Crippen LogP contribution in [0.1, 0.15) is 11.1 Å². The van der Waals surface area contributed by atoms with Crippen LogP contribution in [0, 0.1) is 17.1 Å². The lowest BCUT2D eigenvalue weighted by atomic mass is 10.2. The Kier molecular flexibility index (Phi) is 5.04. The normalized spacial score (nSPS) is 10.4. The molecule has 1 amide bonds. The van der Waals surface area contributed by atoms with Gasteiger partial charge in [-0.25, -0.2) is 4.39 Å². The number of nitriles is 1. The summed E-state index contributed by atoms with van der Waals surface area (Å²) < 4.78 is 13.1. The number of halogens is 1. The summed E-state index contributed by atoms with van der Waals surface area (Å²) in [6.07, 6.45) is 0. The van der Waals surface area contributed by atoms with Gasteiger partial charge >= 0.3 is 0 Å². The molecule has 0 bridgehead atoms. The van der Waals surface area contributed by atoms with Crippen molar-refractivity contribution in [2.75, 3.05) is 18.9 Å². The first kappa shape index (κ1) is 15.2. The number of benzene rings is 1. The maximum Gasteiger partial charge on any atom is 0.239 e. The minimum absolute atomic E-state index is 0.166. The van der Waals surface area contributed by atoms with Gasteiger partial charge in [0.1, 0.15) is 16.9 Å². The highest BCUT2D eigenvalue weighted by Gasteiger charge is 2.11. The highest BCUT2D eigenvalue weighted by atomic mass is 32.1. The van der Waals surface area contributed by atoms with E-state index in [1.165, 1.54) is 23.5 Å². The number of likely N-dealkylation sites (N-methyl/N-ethyl adjacent to an activating group) is 1. The number of hydrogen-bond acceptors (Lipinski definition) is 4. The summed E-state index contributed by atoms with van der Waals surface area (Å²) in [6.45, 7) is 0.639. The molecule has 2 aromatic rings. The van der Waals surface area contributed by atoms with Gasteiger partial charge in [0.15, 0.2) is 0 Å². The Balaban J connectivity index is 1.89. The van der Waals surface area contributed by atoms with E-state index in [4.69, 9.17) is 5.26 Å². The second-order valence-electron chi connectivity index (χ2n) is 4.63. The summed E-state index contributed by atoms with van der Waals surface area (Å²) in [4.78, 5) is 13.7. The number of nitrogens with one attached hydrogen (secondary N) is 1. The molecule has 1 aromatic carbocycles. The van der Waals surface area contributed by atoms with E-state index in [9.17, 15) is 9.18 Å². The van der Waals surface area contributed by atoms with Crippen LogP contribution in [0.15, 0.2) is 35.7 Å². The molecule has 0 aliphatic carbocycles. The summed E-state index contributed by atoms with van der Waals surface area (Å²) in [7, 11) is 1.78. The number of anilines is 1. The molecule has 2 rings (SSSR count). The van der Waals surface area contributed by atoms with E-state index in [1.54, 1.807) is 29.5 Å². The number of amides is 1. The zero-order valence-electron chi connectivity index (χ0n) is 11.5. The van der Waals surface area contributed by atoms with Gasteiger partial charge < -0.3 is 5.32 Å². The van der Waals surface area contributed by atoms with Crippen LogP contribution < -0.4 is 5.32 Å². The van der Waals surface area contributed by atoms with E-state index >= 15 is 0 Å². The fraction of sp³-hybridized carbons (Fsp3) is 0.200. The lowest BCUT2D eigenvalue weighted by Gasteiger charge is -2.16. The zero-order chi connectivity index (χ0) is 15.2. The Morgan fingerprint density at radius 1 is 1.48 bits per heavy atom. The van der Waals surface area contributed by atoms with Crippen molar-refractivity contribution in [2.45, 2.75) is 6.54 Å². The van der Waals surface area contributed by atoms with E-state index in [1.807, 2.05) is 12.1 Å². The summed E-state index contributed by atoms with van der Waals surface area (Å²) >= 11 is 1.31. The van der Waals surface area contributed by atoms with Crippen molar-refractivity contribution in [1.29, 1.82) is 5.26 Å². The average molecular weight is 303 g/mol. The SMILES string of the molecule is CN(CC(=O)Nc1sccc1C#N)Cc1cccc(F)c1. The van der Waals surface area contributed by atoms with Crippen LogP contribution in [-0.2, 0) is 11.3 Å². The molecule has 4 nitrogen and oxygen atoms in total. The molecule has 0 spiro atoms. The maximum absolute atomic E-state index is 13.1. The van der Waals surface area contributed by atoms with E-state index < -0.39 is 0 Å². The monoisotopic (exact) mass is 303 g/mol. The first-order valence-corrected chi connectivity index (χ1v) is 7.17. The molecule has 0 radical (unpaired) electrons. The Morgan fingerprint density at radius 3 is 3.00 bits per heavy atom. The summed E-state index contributed by atoms with van der Waals surface area (Å²) in [5.74, 6) is -0.490. The molecule has 1 N–H and O–H groups in total. The molecule has 0 unspecified atom stereocenters. The molecule has 0 aliphatic heterocycles. The molecule has 6 heteroatoms. The number of thiophene rings is 1. The number of carbonyl (C=O) groups excluding carboxylic acids is 1. The fourth-order valence-electron chi connectivity index (χ4n) is 1.91. The smallest absolute Gasteiger partial charge is 0.239 e. The molecule has 1 aromatic heterocycles. The van der Waals surface area contributed by atoms with Gasteiger partial charge in [0.25, 0.3) is 0 Å². The van der Waals surface area contributed by atoms with Gasteiger partial charge in [0, 0.05) is 6.54 Å². The lowest BCUT2D eigenvalue weighted by Crippen LogP contribution is -2.29. The van der Waals surface area contributed by atoms with Crippen molar-refractivity contribution < 1.29 is 9.18 Å². The van der Waals surface area contributed by atoms with Crippen molar-refractivity contribution >= 4 is 22.2 Å². The molecule has 21 heavy (non-hydrogen) atoms. The van der Waals surface area contributed by atoms with Gasteiger partial charge in [-0.1, -0.05) is 12.1 Å². The first-order chi connectivity index (χ1) is 10.1. The Bertz CT molecular complexity index is 678. The van der Waals surface area contributed by atoms with Crippen LogP contribution in [0.5, 0.6) is 0 Å². The second kappa shape index (κ2) is 6.97. The predicted octanol–water partition coefficient (Wildman–Crippen LogP) is 2.83. The van der Waals surface area contributed by atoms with Crippen LogP contribution in [0.3, 0.4) is 0 Å². The van der Waals surface area contributed by atoms with Gasteiger partial charge in [0.05, 0.1) is 12.1 Å². The number of hydrogen-bond donors (Lipinski definition) is 1. The van der Waals surface area contributed by atoms with Crippen molar-refractivity contribution in [3.63, 3.8) is 0 Å². The third kappa shape index (κ3) is 4.38. The molecular weight excluding hydrogens is 289 g/mol. The van der Waals surface area contributed by atoms with Crippen molar-refractivity contribution in [1.82, 2.24) is 4.90 Å². The largest absolute Gasteiger partial charge is 0.315 e. The zero-order valence-corrected chi connectivity index (χ0v) is 12.3. The predicted molar refractivity (Wildman–Crippen MR) is 80.4 cm³/mol.